The zero-order chi connectivity index (χ0) is 43.9. The Balaban J connectivity index is 1.06. The van der Waals surface area contributed by atoms with Crippen LogP contribution in [0.3, 0.4) is 0 Å². The number of carbonyl (C=O) groups excluding carboxylic acids is 3. The first-order valence-corrected chi connectivity index (χ1v) is 21.1. The van der Waals surface area contributed by atoms with Gasteiger partial charge in [-0.3, -0.25) is 9.59 Å². The molecule has 17 nitrogen and oxygen atoms in total. The van der Waals surface area contributed by atoms with Crippen LogP contribution < -0.4 is 28.7 Å². The number of rotatable bonds is 10. The van der Waals surface area contributed by atoms with E-state index in [1.54, 1.807) is 37.8 Å². The van der Waals surface area contributed by atoms with Crippen LogP contribution in [-0.4, -0.2) is 114 Å². The molecule has 17 heteroatoms. The van der Waals surface area contributed by atoms with E-state index in [2.05, 4.69) is 0 Å². The third-order valence-corrected chi connectivity index (χ3v) is 11.9. The fourth-order valence-corrected chi connectivity index (χ4v) is 9.00. The molecule has 0 aromatic heterocycles. The number of aliphatic hydroxyl groups excluding tert-OH is 1. The van der Waals surface area contributed by atoms with E-state index in [0.29, 0.717) is 51.1 Å². The summed E-state index contributed by atoms with van der Waals surface area (Å²) in [6.45, 7) is 6.88. The first-order valence-electron chi connectivity index (χ1n) is 21.1. The second-order valence-electron chi connectivity index (χ2n) is 17.1. The van der Waals surface area contributed by atoms with Gasteiger partial charge in [-0.2, -0.15) is 0 Å². The van der Waals surface area contributed by atoms with Crippen LogP contribution in [0.2, 0.25) is 0 Å². The molecule has 3 aromatic carbocycles. The molecular weight excluding hydrogens is 805 g/mol. The van der Waals surface area contributed by atoms with Crippen molar-refractivity contribution in [3.05, 3.63) is 70.8 Å². The fourth-order valence-electron chi connectivity index (χ4n) is 9.00. The molecule has 5 aliphatic heterocycles. The average Bonchev–Trinajstić information content (AvgIpc) is 3.92. The second kappa shape index (κ2) is 17.5. The van der Waals surface area contributed by atoms with Gasteiger partial charge in [-0.1, -0.05) is 18.2 Å². The maximum absolute atomic E-state index is 14.3. The molecule has 4 amide bonds. The summed E-state index contributed by atoms with van der Waals surface area (Å²) in [7, 11) is 2.91. The predicted octanol–water partition coefficient (Wildman–Crippen LogP) is 6.51. The zero-order valence-electron chi connectivity index (χ0n) is 35.7. The van der Waals surface area contributed by atoms with Crippen LogP contribution in [-0.2, 0) is 27.4 Å². The first kappa shape index (κ1) is 42.9. The van der Waals surface area contributed by atoms with Crippen LogP contribution in [0.25, 0.3) is 0 Å². The van der Waals surface area contributed by atoms with Gasteiger partial charge in [-0.25, -0.2) is 19.4 Å². The topological polar surface area (TPSA) is 186 Å². The Kier molecular flexibility index (Phi) is 12.1. The number of aliphatic hydroxyl groups is 1. The molecule has 332 valence electrons. The van der Waals surface area contributed by atoms with E-state index in [1.807, 2.05) is 24.3 Å². The number of anilines is 2. The van der Waals surface area contributed by atoms with Gasteiger partial charge in [0.25, 0.3) is 11.8 Å². The predicted molar refractivity (Wildman–Crippen MR) is 223 cm³/mol. The van der Waals surface area contributed by atoms with E-state index in [1.165, 1.54) is 36.2 Å². The minimum absolute atomic E-state index is 0.00424. The van der Waals surface area contributed by atoms with Crippen LogP contribution in [0.4, 0.5) is 21.0 Å². The Hall–Kier alpha value is -5.78. The van der Waals surface area contributed by atoms with Crippen LogP contribution in [0, 0.1) is 0 Å². The Morgan fingerprint density at radius 3 is 1.84 bits per heavy atom. The van der Waals surface area contributed by atoms with Gasteiger partial charge >= 0.3 is 12.2 Å². The third kappa shape index (κ3) is 8.40. The van der Waals surface area contributed by atoms with E-state index < -0.39 is 48.6 Å². The lowest BCUT2D eigenvalue weighted by Gasteiger charge is -2.39. The van der Waals surface area contributed by atoms with Crippen molar-refractivity contribution in [2.75, 3.05) is 43.7 Å². The fraction of sp³-hybridized carbons (Fsp3) is 0.511. The minimum atomic E-state index is -1.46. The molecule has 1 unspecified atom stereocenters. The van der Waals surface area contributed by atoms with Crippen molar-refractivity contribution in [2.24, 2.45) is 0 Å². The van der Waals surface area contributed by atoms with Crippen LogP contribution in [0.5, 0.6) is 23.0 Å². The number of nitrogens with zero attached hydrogens (tertiary/aromatic N) is 4. The van der Waals surface area contributed by atoms with Crippen molar-refractivity contribution in [3.63, 3.8) is 0 Å². The molecule has 5 aliphatic rings. The standard InChI is InChI=1S/C45H54N4O13/c1-45(2,3)62-44(55)49-33-23-37(35(57-5)21-29(33)40(51)47-17-10-14-31(47)42(49)61-38-15-6-7-18-58-38)60-25-27-12-8-11-26(19-27)24-59-36-22-32-28(20-34(36)56-4)39(50)46-16-9-13-30(46)41(52)48(32)43(53)54/h8,11-12,19-23,30-31,38,41-42,52H,6-7,9-10,13-18,24-25H2,1-5H3,(H,53,54)/t30-,31-,38?,41-,42-/m0/s1. The lowest BCUT2D eigenvalue weighted by atomic mass is 10.1. The number of methoxy groups -OCH3 is 2. The van der Waals surface area contributed by atoms with Gasteiger partial charge in [0.1, 0.15) is 18.8 Å². The summed E-state index contributed by atoms with van der Waals surface area (Å²) in [5.41, 5.74) is 1.24. The molecule has 3 saturated heterocycles. The Morgan fingerprint density at radius 2 is 1.31 bits per heavy atom. The molecule has 0 radical (unpaired) electrons. The molecular formula is C45H54N4O13. The number of benzene rings is 3. The van der Waals surface area contributed by atoms with Crippen LogP contribution >= 0.6 is 0 Å². The average molecular weight is 859 g/mol. The highest BCUT2D eigenvalue weighted by Gasteiger charge is 2.49. The lowest BCUT2D eigenvalue weighted by Crippen LogP contribution is -2.54. The van der Waals surface area contributed by atoms with Crippen molar-refractivity contribution in [1.29, 1.82) is 0 Å². The maximum Gasteiger partial charge on any atom is 0.417 e. The van der Waals surface area contributed by atoms with E-state index in [9.17, 15) is 29.4 Å². The first-order chi connectivity index (χ1) is 29.8. The van der Waals surface area contributed by atoms with Crippen molar-refractivity contribution in [3.8, 4) is 23.0 Å². The van der Waals surface area contributed by atoms with Crippen LogP contribution in [0.1, 0.15) is 97.6 Å². The third-order valence-electron chi connectivity index (χ3n) is 11.9. The Labute approximate surface area is 359 Å². The highest BCUT2D eigenvalue weighted by molar-refractivity contribution is 6.07. The highest BCUT2D eigenvalue weighted by Crippen LogP contribution is 2.44. The number of hydrogen-bond acceptors (Lipinski definition) is 12. The van der Waals surface area contributed by atoms with Gasteiger partial charge in [-0.15, -0.1) is 0 Å². The summed E-state index contributed by atoms with van der Waals surface area (Å²) in [5, 5.41) is 21.3. The Morgan fingerprint density at radius 1 is 0.742 bits per heavy atom. The van der Waals surface area contributed by atoms with Gasteiger partial charge in [0.2, 0.25) is 0 Å². The number of amides is 4. The highest BCUT2D eigenvalue weighted by atomic mass is 16.7. The quantitative estimate of drug-likeness (QED) is 0.225. The molecule has 62 heavy (non-hydrogen) atoms. The van der Waals surface area contributed by atoms with Crippen molar-refractivity contribution in [1.82, 2.24) is 9.80 Å². The summed E-state index contributed by atoms with van der Waals surface area (Å²) < 4.78 is 42.5. The van der Waals surface area contributed by atoms with E-state index in [4.69, 9.17) is 33.2 Å². The second-order valence-corrected chi connectivity index (χ2v) is 17.1. The molecule has 0 aliphatic carbocycles. The maximum atomic E-state index is 14.3. The Bertz CT molecular complexity index is 2200. The summed E-state index contributed by atoms with van der Waals surface area (Å²) in [4.78, 5) is 60.2. The number of ether oxygens (including phenoxy) is 7. The molecule has 0 saturated carbocycles. The van der Waals surface area contributed by atoms with E-state index in [-0.39, 0.29) is 64.8 Å². The minimum Gasteiger partial charge on any atom is -0.493 e. The number of carboxylic acid groups (broad SMARTS) is 1. The molecule has 0 spiro atoms. The monoisotopic (exact) mass is 858 g/mol. The van der Waals surface area contributed by atoms with Crippen molar-refractivity contribution < 1.29 is 62.5 Å². The SMILES string of the molecule is COc1cc2c(cc1OCc1cccc(COc3cc4c(cc3OC)C(=O)N3CCC[C@H]3[C@H](OC3CCCCO3)N4C(=O)OC(C)(C)C)c1)N(C(=O)O)[C@@H](O)[C@@H]1CCCN1C2=O. The normalized spacial score (nSPS) is 23.4. The van der Waals surface area contributed by atoms with Gasteiger partial charge in [0, 0.05) is 31.8 Å². The molecule has 5 atom stereocenters. The zero-order valence-corrected chi connectivity index (χ0v) is 35.7. The largest absolute Gasteiger partial charge is 0.493 e. The molecule has 2 N–H and O–H groups in total. The molecule has 3 fully saturated rings. The molecule has 8 rings (SSSR count). The summed E-state index contributed by atoms with van der Waals surface area (Å²) in [5.74, 6) is 0.329. The number of hydrogen-bond donors (Lipinski definition) is 2. The van der Waals surface area contributed by atoms with Crippen LogP contribution in [0.15, 0.2) is 48.5 Å². The number of fused-ring (bicyclic) bond motifs is 4. The smallest absolute Gasteiger partial charge is 0.417 e. The molecule has 3 aromatic rings. The van der Waals surface area contributed by atoms with Crippen molar-refractivity contribution >= 4 is 35.4 Å². The van der Waals surface area contributed by atoms with E-state index in [0.717, 1.165) is 35.3 Å². The molecule has 0 bridgehead atoms. The van der Waals surface area contributed by atoms with Gasteiger partial charge in [0.15, 0.2) is 41.7 Å². The summed E-state index contributed by atoms with van der Waals surface area (Å²) in [6, 6.07) is 12.4. The van der Waals surface area contributed by atoms with Gasteiger partial charge < -0.3 is 53.2 Å². The number of carbonyl (C=O) groups is 4. The molecule has 5 heterocycles. The van der Waals surface area contributed by atoms with Gasteiger partial charge in [0.05, 0.1) is 48.8 Å². The van der Waals surface area contributed by atoms with Crippen molar-refractivity contribution in [2.45, 2.75) is 115 Å². The summed E-state index contributed by atoms with van der Waals surface area (Å²) >= 11 is 0. The van der Waals surface area contributed by atoms with Gasteiger partial charge in [-0.05, 0) is 95.0 Å². The van der Waals surface area contributed by atoms with E-state index >= 15 is 0 Å². The summed E-state index contributed by atoms with van der Waals surface area (Å²) in [6.07, 6.45) is -0.00968. The lowest BCUT2D eigenvalue weighted by molar-refractivity contribution is -0.195.